The van der Waals surface area contributed by atoms with Crippen molar-refractivity contribution < 1.29 is 71.5 Å². The van der Waals surface area contributed by atoms with E-state index in [1.165, 1.54) is 39.0 Å². The zero-order valence-corrected chi connectivity index (χ0v) is 57.4. The molecule has 1 fully saturated rings. The van der Waals surface area contributed by atoms with Crippen molar-refractivity contribution in [3.63, 3.8) is 0 Å². The molecule has 0 spiro atoms. The molecule has 6 amide bonds. The van der Waals surface area contributed by atoms with E-state index in [4.69, 9.17) is 23.7 Å². The Hall–Kier alpha value is -5.12. The van der Waals surface area contributed by atoms with Crippen molar-refractivity contribution in [3.8, 4) is 0 Å². The van der Waals surface area contributed by atoms with Crippen LogP contribution in [0.2, 0.25) is 0 Å². The minimum absolute atomic E-state index is 0.0427. The Morgan fingerprint density at radius 1 is 0.844 bits per heavy atom. The molecule has 90 heavy (non-hydrogen) atoms. The number of carbonyl (C=O) groups is 8. The van der Waals surface area contributed by atoms with Crippen LogP contribution < -0.4 is 26.8 Å². The molecule has 9 atom stereocenters. The molecule has 0 saturated carbocycles. The highest BCUT2D eigenvalue weighted by Crippen LogP contribution is 2.32. The van der Waals surface area contributed by atoms with E-state index >= 15 is 0 Å². The largest absolute Gasteiger partial charge is 0.460 e. The Labute approximate surface area is 545 Å². The molecule has 0 bridgehead atoms. The molecule has 1 saturated heterocycles. The van der Waals surface area contributed by atoms with Crippen LogP contribution in [0.3, 0.4) is 0 Å². The number of esters is 2. The number of unbranched alkanes of at least 4 members (excludes halogenated alkanes) is 8. The molecule has 1 aliphatic heterocycles. The summed E-state index contributed by atoms with van der Waals surface area (Å²) in [5, 5.41) is 20.2. The lowest BCUT2D eigenvalue weighted by atomic mass is 9.92. The number of aromatic nitrogens is 1. The van der Waals surface area contributed by atoms with Crippen molar-refractivity contribution in [3.05, 3.63) is 51.7 Å². The average molecular weight is 1330 g/mol. The SMILES string of the molecule is CCC(CO)OC(COC(=O)CCCC(=O)NCCCCCCCCCCCSSCCOC(=O)NNC(=O)[C@@H](C)C[C@H](Cc1ccc(F)cc1)NC(=O)c1csc([C@@H](C[C@H](C(C)C)N(C)C(=O)C(NC(=O)[C@H]2CCCCN2C)[C@@H](C)CC)OC(C)=O)n1)OC. The number of likely N-dealkylation sites (tertiary alicyclic amines) is 1. The predicted molar refractivity (Wildman–Crippen MR) is 349 cm³/mol. The van der Waals surface area contributed by atoms with Gasteiger partial charge in [-0.2, -0.15) is 0 Å². The second-order valence-corrected chi connectivity index (χ2v) is 27.2. The third kappa shape index (κ3) is 31.5. The summed E-state index contributed by atoms with van der Waals surface area (Å²) in [6.07, 6.45) is 12.3. The fourth-order valence-electron chi connectivity index (χ4n) is 10.3. The third-order valence-corrected chi connectivity index (χ3v) is 19.4. The molecule has 22 nitrogen and oxygen atoms in total. The van der Waals surface area contributed by atoms with Crippen LogP contribution in [0.5, 0.6) is 0 Å². The van der Waals surface area contributed by atoms with Gasteiger partial charge in [0.05, 0.1) is 18.8 Å². The molecule has 6 N–H and O–H groups in total. The van der Waals surface area contributed by atoms with Gasteiger partial charge in [-0.1, -0.05) is 133 Å². The number of nitrogens with zero attached hydrogens (tertiary/aromatic N) is 3. The van der Waals surface area contributed by atoms with E-state index in [9.17, 15) is 47.9 Å². The number of halogens is 1. The number of piperidine rings is 1. The van der Waals surface area contributed by atoms with Crippen molar-refractivity contribution in [2.24, 2.45) is 17.8 Å². The molecule has 510 valence electrons. The first-order chi connectivity index (χ1) is 43.1. The molecule has 2 aromatic rings. The minimum atomic E-state index is -0.924. The van der Waals surface area contributed by atoms with Gasteiger partial charge < -0.3 is 49.6 Å². The zero-order valence-electron chi connectivity index (χ0n) is 55.0. The van der Waals surface area contributed by atoms with Crippen LogP contribution in [0.4, 0.5) is 9.18 Å². The van der Waals surface area contributed by atoms with Crippen LogP contribution in [0, 0.1) is 23.6 Å². The monoisotopic (exact) mass is 1320 g/mol. The summed E-state index contributed by atoms with van der Waals surface area (Å²) in [7, 11) is 8.39. The lowest BCUT2D eigenvalue weighted by Crippen LogP contribution is -2.58. The number of aliphatic hydroxyl groups excluding tert-OH is 1. The van der Waals surface area contributed by atoms with Crippen LogP contribution in [-0.2, 0) is 58.9 Å². The normalized spacial score (nSPS) is 16.1. The lowest BCUT2D eigenvalue weighted by molar-refractivity contribution is -0.194. The molecule has 0 aliphatic carbocycles. The highest BCUT2D eigenvalue weighted by atomic mass is 33.1. The van der Waals surface area contributed by atoms with Crippen molar-refractivity contribution in [1.29, 1.82) is 0 Å². The minimum Gasteiger partial charge on any atom is -0.460 e. The first-order valence-electron chi connectivity index (χ1n) is 32.2. The molecule has 26 heteroatoms. The summed E-state index contributed by atoms with van der Waals surface area (Å²) in [4.78, 5) is 113. The summed E-state index contributed by atoms with van der Waals surface area (Å²) in [6.45, 7) is 14.0. The molecule has 1 aromatic heterocycles. The van der Waals surface area contributed by atoms with Crippen LogP contribution in [-0.4, -0.2) is 170 Å². The molecular weight excluding hydrogens is 1220 g/mol. The summed E-state index contributed by atoms with van der Waals surface area (Å²) >= 11 is 1.13. The predicted octanol–water partition coefficient (Wildman–Crippen LogP) is 9.38. The Bertz CT molecular complexity index is 2440. The lowest BCUT2D eigenvalue weighted by Gasteiger charge is -2.38. The van der Waals surface area contributed by atoms with Gasteiger partial charge in [0.1, 0.15) is 35.8 Å². The van der Waals surface area contributed by atoms with Gasteiger partial charge in [0, 0.05) is 81.8 Å². The molecule has 2 heterocycles. The van der Waals surface area contributed by atoms with Gasteiger partial charge in [-0.3, -0.25) is 43.9 Å². The summed E-state index contributed by atoms with van der Waals surface area (Å²) < 4.78 is 40.9. The number of hydrazine groups is 1. The van der Waals surface area contributed by atoms with Gasteiger partial charge in [-0.15, -0.1) is 11.3 Å². The molecule has 0 radical (unpaired) electrons. The van der Waals surface area contributed by atoms with E-state index in [1.54, 1.807) is 58.0 Å². The average Bonchev–Trinajstić information content (AvgIpc) is 2.58. The first-order valence-corrected chi connectivity index (χ1v) is 35.6. The van der Waals surface area contributed by atoms with Gasteiger partial charge in [0.2, 0.25) is 23.6 Å². The quantitative estimate of drug-likeness (QED) is 0.00899. The first kappa shape index (κ1) is 79.1. The fraction of sp³-hybridized carbons (Fsp3) is 0.734. The topological polar surface area (TPSA) is 282 Å². The van der Waals surface area contributed by atoms with E-state index in [2.05, 4.69) is 31.8 Å². The standard InChI is InChI=1S/C64H105FN8O14S3/c1-11-44(5)58(69-61(80)52-25-20-22-33-72(52)8)63(81)73(9)53(43(3)4)39-54(86-46(7)75)62-68-51(42-88-62)60(79)67-49(38-47-28-30-48(65)31-29-47)37-45(6)59(78)70-71-64(82)84-34-36-90-89-35-23-19-17-15-13-14-16-18-21-32-66-55(76)26-24-27-56(77)85-41-57(83-10)87-50(12-2)40-74/h28-31,42-45,49-50,52-54,57-58,74H,11-27,32-41H2,1-10H3,(H,66,76)(H,67,79)(H,69,80)(H,70,78)(H,71,82)/t44-,45-,49+,50?,52+,53+,54+,57?,58?/m0/s1. The molecule has 3 unspecified atom stereocenters. The number of hydrogen-bond donors (Lipinski definition) is 6. The van der Waals surface area contributed by atoms with Gasteiger partial charge >= 0.3 is 18.0 Å². The van der Waals surface area contributed by atoms with Gasteiger partial charge in [-0.05, 0) is 94.5 Å². The number of hydrogen-bond acceptors (Lipinski definition) is 19. The Morgan fingerprint density at radius 3 is 2.16 bits per heavy atom. The maximum Gasteiger partial charge on any atom is 0.426 e. The van der Waals surface area contributed by atoms with Crippen molar-refractivity contribution in [2.45, 2.75) is 220 Å². The van der Waals surface area contributed by atoms with Crippen molar-refractivity contribution in [2.75, 3.05) is 65.6 Å². The second-order valence-electron chi connectivity index (χ2n) is 23.6. The second kappa shape index (κ2) is 45.2. The molecule has 1 aromatic carbocycles. The van der Waals surface area contributed by atoms with E-state index < -0.39 is 78.2 Å². The highest BCUT2D eigenvalue weighted by Gasteiger charge is 2.38. The van der Waals surface area contributed by atoms with E-state index in [1.807, 2.05) is 46.6 Å². The van der Waals surface area contributed by atoms with Crippen molar-refractivity contribution in [1.82, 2.24) is 41.6 Å². The molecular formula is C64H105FN8O14S3. The summed E-state index contributed by atoms with van der Waals surface area (Å²) in [6, 6.07) is 3.61. The number of rotatable bonds is 45. The zero-order chi connectivity index (χ0) is 66.4. The van der Waals surface area contributed by atoms with E-state index in [0.29, 0.717) is 42.1 Å². The number of amides is 6. The maximum absolute atomic E-state index is 14.4. The third-order valence-electron chi connectivity index (χ3n) is 16.0. The summed E-state index contributed by atoms with van der Waals surface area (Å²) in [5.74, 6) is -2.48. The highest BCUT2D eigenvalue weighted by molar-refractivity contribution is 8.76. The fourth-order valence-corrected chi connectivity index (χ4v) is 13.1. The Kier molecular flexibility index (Phi) is 39.8. The van der Waals surface area contributed by atoms with E-state index in [0.717, 1.165) is 87.8 Å². The van der Waals surface area contributed by atoms with Crippen LogP contribution in [0.1, 0.15) is 198 Å². The van der Waals surface area contributed by atoms with Crippen molar-refractivity contribution >= 4 is 80.5 Å². The van der Waals surface area contributed by atoms with Crippen LogP contribution in [0.25, 0.3) is 0 Å². The Morgan fingerprint density at radius 2 is 1.52 bits per heavy atom. The van der Waals surface area contributed by atoms with Crippen LogP contribution >= 0.6 is 32.9 Å². The number of thiazole rings is 1. The Balaban J connectivity index is 1.36. The smallest absolute Gasteiger partial charge is 0.426 e. The van der Waals surface area contributed by atoms with E-state index in [-0.39, 0.29) is 93.2 Å². The summed E-state index contributed by atoms with van der Waals surface area (Å²) in [5.41, 5.74) is 5.46. The number of benzene rings is 1. The van der Waals surface area contributed by atoms with Gasteiger partial charge in [0.25, 0.3) is 5.91 Å². The van der Waals surface area contributed by atoms with Gasteiger partial charge in [0.15, 0.2) is 12.4 Å². The molecule has 3 rings (SSSR count). The number of ether oxygens (including phenoxy) is 5. The van der Waals surface area contributed by atoms with Crippen LogP contribution in [0.15, 0.2) is 29.6 Å². The maximum atomic E-state index is 14.4. The molecule has 1 aliphatic rings. The number of aliphatic hydroxyl groups is 1. The van der Waals surface area contributed by atoms with Gasteiger partial charge in [-0.25, -0.2) is 19.6 Å². The number of methoxy groups -OCH3 is 1. The number of likely N-dealkylation sites (N-methyl/N-ethyl adjacent to an activating group) is 2. The number of nitrogens with one attached hydrogen (secondary N) is 5. The number of carbonyl (C=O) groups excluding carboxylic acids is 8.